The number of ether oxygens (including phenoxy) is 1. The number of amides is 1. The van der Waals surface area contributed by atoms with Crippen molar-refractivity contribution in [3.05, 3.63) is 83.0 Å². The second-order valence-corrected chi connectivity index (χ2v) is 8.67. The largest absolute Gasteiger partial charge is 0.494 e. The quantitative estimate of drug-likeness (QED) is 0.270. The standard InChI is InChI=1S/C25H21FN6O3S/c1-2-35-17-10-7-15(8-11-17)23-30-31-25(32(23)21-6-4-3-5-18(21)26)36-14-22(33)27-16-9-12-19-20(13-16)29-24(34)28-19/h3-13H,2,14H2,1H3,(H,27,33)(H2,28,29,34). The molecule has 9 nitrogen and oxygen atoms in total. The summed E-state index contributed by atoms with van der Waals surface area (Å²) in [5, 5.41) is 11.7. The third kappa shape index (κ3) is 4.86. The summed E-state index contributed by atoms with van der Waals surface area (Å²) in [4.78, 5) is 29.4. The molecule has 182 valence electrons. The summed E-state index contributed by atoms with van der Waals surface area (Å²) >= 11 is 1.13. The molecule has 0 aliphatic heterocycles. The maximum absolute atomic E-state index is 14.8. The first kappa shape index (κ1) is 23.4. The molecule has 0 aliphatic rings. The van der Waals surface area contributed by atoms with Crippen molar-refractivity contribution in [1.82, 2.24) is 24.7 Å². The fourth-order valence-electron chi connectivity index (χ4n) is 3.71. The van der Waals surface area contributed by atoms with Gasteiger partial charge in [0.25, 0.3) is 0 Å². The summed E-state index contributed by atoms with van der Waals surface area (Å²) in [5.74, 6) is 0.434. The minimum absolute atomic E-state index is 0.0115. The molecule has 0 saturated heterocycles. The first-order valence-corrected chi connectivity index (χ1v) is 12.1. The molecular formula is C25H21FN6O3S. The van der Waals surface area contributed by atoms with Crippen LogP contribution in [-0.4, -0.2) is 43.0 Å². The van der Waals surface area contributed by atoms with Gasteiger partial charge in [-0.05, 0) is 61.5 Å². The molecule has 0 saturated carbocycles. The van der Waals surface area contributed by atoms with Crippen molar-refractivity contribution in [2.24, 2.45) is 0 Å². The molecule has 3 aromatic carbocycles. The van der Waals surface area contributed by atoms with Crippen molar-refractivity contribution in [1.29, 1.82) is 0 Å². The van der Waals surface area contributed by atoms with Gasteiger partial charge in [-0.25, -0.2) is 9.18 Å². The Bertz CT molecular complexity index is 1590. The number of nitrogens with one attached hydrogen (secondary N) is 3. The molecular weight excluding hydrogens is 483 g/mol. The number of carbonyl (C=O) groups excluding carboxylic acids is 1. The number of halogens is 1. The zero-order valence-electron chi connectivity index (χ0n) is 19.1. The van der Waals surface area contributed by atoms with E-state index in [0.717, 1.165) is 17.3 Å². The zero-order valence-corrected chi connectivity index (χ0v) is 19.9. The van der Waals surface area contributed by atoms with Gasteiger partial charge in [0.15, 0.2) is 11.0 Å². The molecule has 0 aliphatic carbocycles. The van der Waals surface area contributed by atoms with Gasteiger partial charge in [-0.1, -0.05) is 23.9 Å². The van der Waals surface area contributed by atoms with E-state index in [2.05, 4.69) is 25.5 Å². The average Bonchev–Trinajstić information content (AvgIpc) is 3.46. The fraction of sp³-hybridized carbons (Fsp3) is 0.120. The van der Waals surface area contributed by atoms with Gasteiger partial charge in [0.2, 0.25) is 5.91 Å². The van der Waals surface area contributed by atoms with Crippen LogP contribution in [0.5, 0.6) is 5.75 Å². The Labute approximate surface area is 208 Å². The highest BCUT2D eigenvalue weighted by atomic mass is 32.2. The first-order valence-electron chi connectivity index (χ1n) is 11.1. The summed E-state index contributed by atoms with van der Waals surface area (Å²) in [7, 11) is 0. The van der Waals surface area contributed by atoms with Crippen LogP contribution in [0.1, 0.15) is 6.92 Å². The number of H-pyrrole nitrogens is 2. The van der Waals surface area contributed by atoms with E-state index in [1.54, 1.807) is 41.0 Å². The van der Waals surface area contributed by atoms with Crippen LogP contribution in [-0.2, 0) is 4.79 Å². The predicted octanol–water partition coefficient (Wildman–Crippen LogP) is 4.37. The first-order chi connectivity index (χ1) is 17.5. The van der Waals surface area contributed by atoms with Crippen molar-refractivity contribution >= 4 is 34.4 Å². The number of rotatable bonds is 8. The van der Waals surface area contributed by atoms with Crippen LogP contribution in [0.3, 0.4) is 0 Å². The maximum Gasteiger partial charge on any atom is 0.323 e. The predicted molar refractivity (Wildman–Crippen MR) is 136 cm³/mol. The van der Waals surface area contributed by atoms with Gasteiger partial charge in [0.1, 0.15) is 11.6 Å². The number of anilines is 1. The van der Waals surface area contributed by atoms with Crippen LogP contribution >= 0.6 is 11.8 Å². The van der Waals surface area contributed by atoms with Gasteiger partial charge in [-0.3, -0.25) is 9.36 Å². The molecule has 5 rings (SSSR count). The van der Waals surface area contributed by atoms with Gasteiger partial charge < -0.3 is 20.0 Å². The van der Waals surface area contributed by atoms with Gasteiger partial charge in [-0.2, -0.15) is 0 Å². The van der Waals surface area contributed by atoms with Crippen LogP contribution in [0.4, 0.5) is 10.1 Å². The molecule has 2 heterocycles. The lowest BCUT2D eigenvalue weighted by Gasteiger charge is -2.12. The monoisotopic (exact) mass is 504 g/mol. The molecule has 11 heteroatoms. The molecule has 0 atom stereocenters. The van der Waals surface area contributed by atoms with Gasteiger partial charge in [0, 0.05) is 11.3 Å². The van der Waals surface area contributed by atoms with E-state index >= 15 is 0 Å². The van der Waals surface area contributed by atoms with E-state index in [1.807, 2.05) is 31.2 Å². The van der Waals surface area contributed by atoms with Crippen molar-refractivity contribution in [3.63, 3.8) is 0 Å². The van der Waals surface area contributed by atoms with Gasteiger partial charge in [-0.15, -0.1) is 10.2 Å². The zero-order chi connectivity index (χ0) is 25.1. The Hall–Kier alpha value is -4.38. The summed E-state index contributed by atoms with van der Waals surface area (Å²) in [6, 6.07) is 18.7. The molecule has 0 spiro atoms. The average molecular weight is 505 g/mol. The minimum Gasteiger partial charge on any atom is -0.494 e. The van der Waals surface area contributed by atoms with Gasteiger partial charge >= 0.3 is 5.69 Å². The molecule has 2 aromatic heterocycles. The molecule has 3 N–H and O–H groups in total. The Kier molecular flexibility index (Phi) is 6.54. The smallest absolute Gasteiger partial charge is 0.323 e. The van der Waals surface area contributed by atoms with Crippen LogP contribution in [0, 0.1) is 5.82 Å². The van der Waals surface area contributed by atoms with E-state index < -0.39 is 5.82 Å². The van der Waals surface area contributed by atoms with E-state index in [1.165, 1.54) is 6.07 Å². The summed E-state index contributed by atoms with van der Waals surface area (Å²) in [5.41, 5.74) is 2.45. The normalized spacial score (nSPS) is 11.1. The lowest BCUT2D eigenvalue weighted by Crippen LogP contribution is -2.14. The third-order valence-electron chi connectivity index (χ3n) is 5.28. The SMILES string of the molecule is CCOc1ccc(-c2nnc(SCC(=O)Nc3ccc4[nH]c(=O)[nH]c4c3)n2-c2ccccc2F)cc1. The summed E-state index contributed by atoms with van der Waals surface area (Å²) in [6.07, 6.45) is 0. The number of nitrogens with zero attached hydrogens (tertiary/aromatic N) is 3. The highest BCUT2D eigenvalue weighted by Crippen LogP contribution is 2.30. The van der Waals surface area contributed by atoms with E-state index in [-0.39, 0.29) is 23.0 Å². The maximum atomic E-state index is 14.8. The molecule has 0 bridgehead atoms. The Morgan fingerprint density at radius 2 is 1.83 bits per heavy atom. The number of aromatic nitrogens is 5. The number of thioether (sulfide) groups is 1. The van der Waals surface area contributed by atoms with Crippen LogP contribution in [0.2, 0.25) is 0 Å². The van der Waals surface area contributed by atoms with E-state index in [4.69, 9.17) is 4.74 Å². The number of carbonyl (C=O) groups is 1. The van der Waals surface area contributed by atoms with Crippen LogP contribution < -0.4 is 15.7 Å². The number of fused-ring (bicyclic) bond motifs is 1. The second-order valence-electron chi connectivity index (χ2n) is 7.73. The van der Waals surface area contributed by atoms with E-state index in [0.29, 0.717) is 40.1 Å². The Balaban J connectivity index is 1.39. The lowest BCUT2D eigenvalue weighted by atomic mass is 10.2. The molecule has 0 radical (unpaired) electrons. The Morgan fingerprint density at radius 1 is 1.06 bits per heavy atom. The van der Waals surface area contributed by atoms with Crippen molar-refractivity contribution in [2.45, 2.75) is 12.1 Å². The number of benzene rings is 3. The lowest BCUT2D eigenvalue weighted by molar-refractivity contribution is -0.113. The third-order valence-corrected chi connectivity index (χ3v) is 6.21. The molecule has 0 unspecified atom stereocenters. The summed E-state index contributed by atoms with van der Waals surface area (Å²) in [6.45, 7) is 2.45. The van der Waals surface area contributed by atoms with Crippen LogP contribution in [0.25, 0.3) is 28.1 Å². The van der Waals surface area contributed by atoms with Gasteiger partial charge in [0.05, 0.1) is 29.1 Å². The summed E-state index contributed by atoms with van der Waals surface area (Å²) < 4.78 is 21.9. The fourth-order valence-corrected chi connectivity index (χ4v) is 4.45. The van der Waals surface area contributed by atoms with Crippen molar-refractivity contribution < 1.29 is 13.9 Å². The minimum atomic E-state index is -0.440. The molecule has 0 fully saturated rings. The number of hydrogen-bond acceptors (Lipinski definition) is 6. The second kappa shape index (κ2) is 10.1. The molecule has 36 heavy (non-hydrogen) atoms. The highest BCUT2D eigenvalue weighted by molar-refractivity contribution is 7.99. The Morgan fingerprint density at radius 3 is 2.61 bits per heavy atom. The number of para-hydroxylation sites is 1. The molecule has 5 aromatic rings. The molecule has 1 amide bonds. The van der Waals surface area contributed by atoms with Crippen LogP contribution in [0.15, 0.2) is 76.7 Å². The number of aromatic amines is 2. The number of hydrogen-bond donors (Lipinski definition) is 3. The van der Waals surface area contributed by atoms with Crippen molar-refractivity contribution in [2.75, 3.05) is 17.7 Å². The topological polar surface area (TPSA) is 118 Å². The number of imidazole rings is 1. The van der Waals surface area contributed by atoms with Crippen molar-refractivity contribution in [3.8, 4) is 22.8 Å². The highest BCUT2D eigenvalue weighted by Gasteiger charge is 2.19. The van der Waals surface area contributed by atoms with E-state index in [9.17, 15) is 14.0 Å².